The van der Waals surface area contributed by atoms with Gasteiger partial charge in [0.2, 0.25) is 0 Å². The first kappa shape index (κ1) is 15.8. The van der Waals surface area contributed by atoms with Crippen LogP contribution in [0.25, 0.3) is 5.69 Å². The number of halogens is 1. The van der Waals surface area contributed by atoms with E-state index in [0.29, 0.717) is 17.0 Å². The van der Waals surface area contributed by atoms with Gasteiger partial charge in [-0.2, -0.15) is 4.68 Å². The molecule has 7 heteroatoms. The van der Waals surface area contributed by atoms with Crippen molar-refractivity contribution in [3.05, 3.63) is 71.3 Å². The normalized spacial score (nSPS) is 12.0. The highest BCUT2D eigenvalue weighted by Crippen LogP contribution is 2.15. The molecule has 0 aliphatic carbocycles. The standard InChI is InChI=1S/C17H16FN5O/c1-11-10-13(8-9-15(11)18)17(24)19-12(2)16-20-21-22-23(16)14-6-4-3-5-7-14/h3-10,12H,1-2H3,(H,19,24). The minimum absolute atomic E-state index is 0.312. The lowest BCUT2D eigenvalue weighted by Crippen LogP contribution is -2.28. The Kier molecular flexibility index (Phi) is 4.33. The third-order valence-corrected chi connectivity index (χ3v) is 3.65. The molecule has 1 amide bonds. The molecule has 0 aliphatic heterocycles. The molecular formula is C17H16FN5O. The lowest BCUT2D eigenvalue weighted by atomic mass is 10.1. The van der Waals surface area contributed by atoms with Crippen LogP contribution in [0, 0.1) is 12.7 Å². The quantitative estimate of drug-likeness (QED) is 0.800. The number of nitrogens with zero attached hydrogens (tertiary/aromatic N) is 4. The fourth-order valence-electron chi connectivity index (χ4n) is 2.35. The first-order chi connectivity index (χ1) is 11.6. The molecule has 1 unspecified atom stereocenters. The van der Waals surface area contributed by atoms with Gasteiger partial charge in [-0.05, 0) is 60.2 Å². The molecule has 1 N–H and O–H groups in total. The zero-order chi connectivity index (χ0) is 17.1. The number of carbonyl (C=O) groups is 1. The topological polar surface area (TPSA) is 72.7 Å². The summed E-state index contributed by atoms with van der Waals surface area (Å²) in [6.45, 7) is 3.41. The van der Waals surface area contributed by atoms with E-state index in [0.717, 1.165) is 5.69 Å². The highest BCUT2D eigenvalue weighted by molar-refractivity contribution is 5.94. The molecular weight excluding hydrogens is 309 g/mol. The fourth-order valence-corrected chi connectivity index (χ4v) is 2.35. The average molecular weight is 325 g/mol. The van der Waals surface area contributed by atoms with Gasteiger partial charge in [0, 0.05) is 5.56 Å². The van der Waals surface area contributed by atoms with E-state index in [9.17, 15) is 9.18 Å². The first-order valence-corrected chi connectivity index (χ1v) is 7.47. The summed E-state index contributed by atoms with van der Waals surface area (Å²) in [6, 6.07) is 13.2. The van der Waals surface area contributed by atoms with Crippen LogP contribution in [0.2, 0.25) is 0 Å². The Morgan fingerprint density at radius 2 is 1.96 bits per heavy atom. The highest BCUT2D eigenvalue weighted by Gasteiger charge is 2.19. The second-order valence-electron chi connectivity index (χ2n) is 5.44. The van der Waals surface area contributed by atoms with Crippen molar-refractivity contribution in [1.29, 1.82) is 0 Å². The maximum atomic E-state index is 13.3. The molecule has 0 bridgehead atoms. The SMILES string of the molecule is Cc1cc(C(=O)NC(C)c2nnnn2-c2ccccc2)ccc1F. The van der Waals surface area contributed by atoms with Crippen molar-refractivity contribution >= 4 is 5.91 Å². The molecule has 0 fully saturated rings. The lowest BCUT2D eigenvalue weighted by Gasteiger charge is -2.14. The Balaban J connectivity index is 1.81. The molecule has 0 radical (unpaired) electrons. The number of tetrazole rings is 1. The van der Waals surface area contributed by atoms with Crippen molar-refractivity contribution in [2.75, 3.05) is 0 Å². The number of para-hydroxylation sites is 1. The molecule has 1 aromatic heterocycles. The second-order valence-corrected chi connectivity index (χ2v) is 5.44. The Bertz CT molecular complexity index is 862. The van der Waals surface area contributed by atoms with Crippen LogP contribution in [-0.2, 0) is 0 Å². The van der Waals surface area contributed by atoms with Crippen molar-refractivity contribution in [2.45, 2.75) is 19.9 Å². The van der Waals surface area contributed by atoms with E-state index in [-0.39, 0.29) is 11.7 Å². The highest BCUT2D eigenvalue weighted by atomic mass is 19.1. The molecule has 3 rings (SSSR count). The number of aryl methyl sites for hydroxylation is 1. The average Bonchev–Trinajstić information content (AvgIpc) is 3.08. The predicted octanol–water partition coefficient (Wildman–Crippen LogP) is 2.60. The van der Waals surface area contributed by atoms with E-state index in [4.69, 9.17) is 0 Å². The summed E-state index contributed by atoms with van der Waals surface area (Å²) in [5.41, 5.74) is 1.61. The number of rotatable bonds is 4. The van der Waals surface area contributed by atoms with Crippen molar-refractivity contribution in [3.63, 3.8) is 0 Å². The molecule has 3 aromatic rings. The van der Waals surface area contributed by atoms with Gasteiger partial charge >= 0.3 is 0 Å². The first-order valence-electron chi connectivity index (χ1n) is 7.47. The Labute approximate surface area is 138 Å². The van der Waals surface area contributed by atoms with Crippen molar-refractivity contribution in [3.8, 4) is 5.69 Å². The maximum Gasteiger partial charge on any atom is 0.251 e. The zero-order valence-corrected chi connectivity index (χ0v) is 13.3. The Morgan fingerprint density at radius 3 is 2.67 bits per heavy atom. The van der Waals surface area contributed by atoms with Gasteiger partial charge in [-0.25, -0.2) is 4.39 Å². The van der Waals surface area contributed by atoms with Crippen LogP contribution in [0.3, 0.4) is 0 Å². The van der Waals surface area contributed by atoms with Crippen LogP contribution in [0.1, 0.15) is 34.7 Å². The number of nitrogens with one attached hydrogen (secondary N) is 1. The van der Waals surface area contributed by atoms with Crippen molar-refractivity contribution in [2.24, 2.45) is 0 Å². The largest absolute Gasteiger partial charge is 0.342 e. The number of aromatic nitrogens is 4. The summed E-state index contributed by atoms with van der Waals surface area (Å²) < 4.78 is 14.9. The third-order valence-electron chi connectivity index (χ3n) is 3.65. The molecule has 0 aliphatic rings. The number of amides is 1. The fraction of sp³-hybridized carbons (Fsp3) is 0.176. The van der Waals surface area contributed by atoms with E-state index in [1.54, 1.807) is 18.5 Å². The molecule has 2 aromatic carbocycles. The van der Waals surface area contributed by atoms with Crippen molar-refractivity contribution in [1.82, 2.24) is 25.5 Å². The van der Waals surface area contributed by atoms with E-state index in [1.165, 1.54) is 18.2 Å². The summed E-state index contributed by atoms with van der Waals surface area (Å²) in [5, 5.41) is 14.5. The predicted molar refractivity (Wildman–Crippen MR) is 86.2 cm³/mol. The smallest absolute Gasteiger partial charge is 0.251 e. The number of hydrogen-bond acceptors (Lipinski definition) is 4. The Hall–Kier alpha value is -3.09. The van der Waals surface area contributed by atoms with Gasteiger partial charge in [0.1, 0.15) is 5.82 Å². The van der Waals surface area contributed by atoms with Gasteiger partial charge in [0.15, 0.2) is 5.82 Å². The summed E-state index contributed by atoms with van der Waals surface area (Å²) in [6.07, 6.45) is 0. The monoisotopic (exact) mass is 325 g/mol. The summed E-state index contributed by atoms with van der Waals surface area (Å²) in [7, 11) is 0. The van der Waals surface area contributed by atoms with Gasteiger partial charge in [0.25, 0.3) is 5.91 Å². The van der Waals surface area contributed by atoms with Gasteiger partial charge in [-0.3, -0.25) is 4.79 Å². The van der Waals surface area contributed by atoms with Gasteiger partial charge in [-0.15, -0.1) is 5.10 Å². The molecule has 0 spiro atoms. The van der Waals surface area contributed by atoms with E-state index >= 15 is 0 Å². The van der Waals surface area contributed by atoms with Gasteiger partial charge in [0.05, 0.1) is 11.7 Å². The van der Waals surface area contributed by atoms with Gasteiger partial charge < -0.3 is 5.32 Å². The molecule has 0 saturated heterocycles. The molecule has 1 heterocycles. The van der Waals surface area contributed by atoms with E-state index in [1.807, 2.05) is 30.3 Å². The summed E-state index contributed by atoms with van der Waals surface area (Å²) in [5.74, 6) is -0.144. The van der Waals surface area contributed by atoms with E-state index < -0.39 is 6.04 Å². The van der Waals surface area contributed by atoms with Crippen LogP contribution < -0.4 is 5.32 Å². The summed E-state index contributed by atoms with van der Waals surface area (Å²) >= 11 is 0. The number of carbonyl (C=O) groups excluding carboxylic acids is 1. The zero-order valence-electron chi connectivity index (χ0n) is 13.3. The number of benzene rings is 2. The molecule has 122 valence electrons. The minimum atomic E-state index is -0.418. The molecule has 24 heavy (non-hydrogen) atoms. The van der Waals surface area contributed by atoms with Gasteiger partial charge in [-0.1, -0.05) is 18.2 Å². The van der Waals surface area contributed by atoms with E-state index in [2.05, 4.69) is 20.8 Å². The molecule has 0 saturated carbocycles. The van der Waals surface area contributed by atoms with Crippen LogP contribution in [0.4, 0.5) is 4.39 Å². The molecule has 6 nitrogen and oxygen atoms in total. The van der Waals surface area contributed by atoms with Crippen LogP contribution >= 0.6 is 0 Å². The third kappa shape index (κ3) is 3.15. The molecule has 1 atom stereocenters. The maximum absolute atomic E-state index is 13.3. The van der Waals surface area contributed by atoms with Crippen molar-refractivity contribution < 1.29 is 9.18 Å². The number of hydrogen-bond donors (Lipinski definition) is 1. The van der Waals surface area contributed by atoms with Crippen LogP contribution in [-0.4, -0.2) is 26.1 Å². The Morgan fingerprint density at radius 1 is 1.21 bits per heavy atom. The summed E-state index contributed by atoms with van der Waals surface area (Å²) in [4.78, 5) is 12.4. The lowest BCUT2D eigenvalue weighted by molar-refractivity contribution is 0.0937. The minimum Gasteiger partial charge on any atom is -0.342 e. The van der Waals surface area contributed by atoms with Crippen LogP contribution in [0.5, 0.6) is 0 Å². The van der Waals surface area contributed by atoms with Crippen LogP contribution in [0.15, 0.2) is 48.5 Å². The second kappa shape index (κ2) is 6.57.